The molecule has 8 heteroatoms. The zero-order valence-electron chi connectivity index (χ0n) is 19.1. The van der Waals surface area contributed by atoms with Crippen molar-refractivity contribution in [1.29, 1.82) is 0 Å². The molecule has 174 valence electrons. The third-order valence-corrected chi connectivity index (χ3v) is 4.49. The lowest BCUT2D eigenvalue weighted by Crippen LogP contribution is -2.51. The van der Waals surface area contributed by atoms with Crippen LogP contribution in [0.1, 0.15) is 47.5 Å². The number of esters is 1. The first-order chi connectivity index (χ1) is 14.7. The Morgan fingerprint density at radius 2 is 1.94 bits per heavy atom. The molecule has 2 rings (SSSR count). The van der Waals surface area contributed by atoms with Gasteiger partial charge in [-0.3, -0.25) is 0 Å². The molecule has 1 amide bonds. The summed E-state index contributed by atoms with van der Waals surface area (Å²) in [6.45, 7) is 10.1. The molecule has 0 aromatic heterocycles. The zero-order valence-corrected chi connectivity index (χ0v) is 19.1. The van der Waals surface area contributed by atoms with Gasteiger partial charge in [0.25, 0.3) is 0 Å². The van der Waals surface area contributed by atoms with Gasteiger partial charge in [0.15, 0.2) is 6.10 Å². The highest BCUT2D eigenvalue weighted by molar-refractivity contribution is 5.81. The first-order valence-electron chi connectivity index (χ1n) is 10.8. The smallest absolute Gasteiger partial charge is 0.408 e. The molecule has 1 N–H and O–H groups in total. The number of alkyl carbamates (subject to hydrolysis) is 1. The molecule has 1 aliphatic heterocycles. The van der Waals surface area contributed by atoms with Crippen LogP contribution in [0.2, 0.25) is 0 Å². The standard InChI is InChI=1S/C23H35NO7/c1-6-13-28-19-15-27-14-12-18(24-22(26)31-23(3,4)5)21(25)29-16(2)20(19)30-17-10-8-7-9-11-17/h7-11,16,18-20H,6,12-15H2,1-5H3,(H,24,26)/t16-,18-,19-,20-/m0/s1. The molecule has 8 nitrogen and oxygen atoms in total. The number of ether oxygens (including phenoxy) is 5. The summed E-state index contributed by atoms with van der Waals surface area (Å²) in [4.78, 5) is 25.0. The summed E-state index contributed by atoms with van der Waals surface area (Å²) in [6, 6.07) is 8.40. The lowest BCUT2D eigenvalue weighted by Gasteiger charge is -2.34. The monoisotopic (exact) mass is 437 g/mol. The first kappa shape index (κ1) is 24.9. The molecule has 1 saturated heterocycles. The van der Waals surface area contributed by atoms with Crippen LogP contribution in [0.15, 0.2) is 30.3 Å². The van der Waals surface area contributed by atoms with E-state index in [1.165, 1.54) is 0 Å². The Kier molecular flexibility index (Phi) is 9.58. The van der Waals surface area contributed by atoms with Crippen LogP contribution in [0.25, 0.3) is 0 Å². The molecule has 4 atom stereocenters. The second kappa shape index (κ2) is 11.9. The third kappa shape index (κ3) is 8.75. The Hall–Kier alpha value is -2.32. The normalized spacial score (nSPS) is 25.3. The van der Waals surface area contributed by atoms with Gasteiger partial charge >= 0.3 is 12.1 Å². The second-order valence-corrected chi connectivity index (χ2v) is 8.51. The molecule has 1 heterocycles. The molecular formula is C23H35NO7. The topological polar surface area (TPSA) is 92.3 Å². The average Bonchev–Trinajstić information content (AvgIpc) is 2.69. The zero-order chi connectivity index (χ0) is 22.9. The van der Waals surface area contributed by atoms with E-state index >= 15 is 0 Å². The number of cyclic esters (lactones) is 1. The van der Waals surface area contributed by atoms with Crippen molar-refractivity contribution in [2.24, 2.45) is 0 Å². The maximum atomic E-state index is 12.8. The molecule has 31 heavy (non-hydrogen) atoms. The van der Waals surface area contributed by atoms with Crippen LogP contribution in [-0.2, 0) is 23.7 Å². The van der Waals surface area contributed by atoms with E-state index < -0.39 is 42.0 Å². The molecular weight excluding hydrogens is 402 g/mol. The fraction of sp³-hybridized carbons (Fsp3) is 0.652. The number of benzene rings is 1. The number of carbonyl (C=O) groups excluding carboxylic acids is 2. The Labute approximate surface area is 184 Å². The lowest BCUT2D eigenvalue weighted by atomic mass is 10.1. The number of rotatable bonds is 6. The number of carbonyl (C=O) groups is 2. The van der Waals surface area contributed by atoms with Crippen LogP contribution in [0.4, 0.5) is 4.79 Å². The van der Waals surface area contributed by atoms with Gasteiger partial charge in [-0.15, -0.1) is 0 Å². The van der Waals surface area contributed by atoms with Gasteiger partial charge in [0.1, 0.15) is 29.6 Å². The summed E-state index contributed by atoms with van der Waals surface area (Å²) in [5.41, 5.74) is -0.674. The molecule has 0 spiro atoms. The van der Waals surface area contributed by atoms with Gasteiger partial charge in [0.05, 0.1) is 6.61 Å². The van der Waals surface area contributed by atoms with Gasteiger partial charge in [-0.2, -0.15) is 0 Å². The van der Waals surface area contributed by atoms with Gasteiger partial charge in [-0.25, -0.2) is 9.59 Å². The number of amides is 1. The molecule has 1 fully saturated rings. The number of hydrogen-bond acceptors (Lipinski definition) is 7. The molecule has 1 aromatic rings. The maximum Gasteiger partial charge on any atom is 0.408 e. The SMILES string of the molecule is CCCO[C@H]1COCC[C@H](NC(=O)OC(C)(C)C)C(=O)O[C@@H](C)[C@@H]1Oc1ccccc1. The highest BCUT2D eigenvalue weighted by Crippen LogP contribution is 2.20. The van der Waals surface area contributed by atoms with Crippen LogP contribution in [0, 0.1) is 0 Å². The van der Waals surface area contributed by atoms with Crippen LogP contribution >= 0.6 is 0 Å². The minimum absolute atomic E-state index is 0.244. The minimum Gasteiger partial charge on any atom is -0.484 e. The Bertz CT molecular complexity index is 689. The Morgan fingerprint density at radius 3 is 2.58 bits per heavy atom. The van der Waals surface area contributed by atoms with E-state index in [1.807, 2.05) is 37.3 Å². The van der Waals surface area contributed by atoms with Crippen LogP contribution in [-0.4, -0.2) is 61.8 Å². The molecule has 0 radical (unpaired) electrons. The van der Waals surface area contributed by atoms with E-state index in [2.05, 4.69) is 5.32 Å². The van der Waals surface area contributed by atoms with Gasteiger partial charge < -0.3 is 29.0 Å². The van der Waals surface area contributed by atoms with Crippen molar-refractivity contribution in [1.82, 2.24) is 5.32 Å². The van der Waals surface area contributed by atoms with E-state index in [9.17, 15) is 9.59 Å². The Balaban J connectivity index is 2.14. The van der Waals surface area contributed by atoms with E-state index in [0.717, 1.165) is 6.42 Å². The van der Waals surface area contributed by atoms with Crippen LogP contribution in [0.5, 0.6) is 5.75 Å². The quantitative estimate of drug-likeness (QED) is 0.681. The van der Waals surface area contributed by atoms with Crippen molar-refractivity contribution in [2.75, 3.05) is 19.8 Å². The van der Waals surface area contributed by atoms with E-state index in [0.29, 0.717) is 12.4 Å². The van der Waals surface area contributed by atoms with E-state index in [1.54, 1.807) is 27.7 Å². The number of nitrogens with one attached hydrogen (secondary N) is 1. The van der Waals surface area contributed by atoms with Gasteiger partial charge in [0, 0.05) is 19.6 Å². The largest absolute Gasteiger partial charge is 0.484 e. The van der Waals surface area contributed by atoms with E-state index in [4.69, 9.17) is 23.7 Å². The summed E-state index contributed by atoms with van der Waals surface area (Å²) in [5, 5.41) is 2.58. The third-order valence-electron chi connectivity index (χ3n) is 4.49. The van der Waals surface area contributed by atoms with Gasteiger partial charge in [0.2, 0.25) is 0 Å². The molecule has 0 unspecified atom stereocenters. The first-order valence-corrected chi connectivity index (χ1v) is 10.8. The fourth-order valence-corrected chi connectivity index (χ4v) is 3.07. The highest BCUT2D eigenvalue weighted by atomic mass is 16.6. The summed E-state index contributed by atoms with van der Waals surface area (Å²) in [5.74, 6) is 0.0701. The van der Waals surface area contributed by atoms with Crippen molar-refractivity contribution >= 4 is 12.1 Å². The summed E-state index contributed by atoms with van der Waals surface area (Å²) in [7, 11) is 0. The predicted molar refractivity (Wildman–Crippen MR) is 115 cm³/mol. The van der Waals surface area contributed by atoms with Crippen LogP contribution in [0.3, 0.4) is 0 Å². The summed E-state index contributed by atoms with van der Waals surface area (Å²) >= 11 is 0. The maximum absolute atomic E-state index is 12.8. The van der Waals surface area contributed by atoms with Crippen molar-refractivity contribution in [3.05, 3.63) is 30.3 Å². The van der Waals surface area contributed by atoms with Crippen LogP contribution < -0.4 is 10.1 Å². The fourth-order valence-electron chi connectivity index (χ4n) is 3.07. The Morgan fingerprint density at radius 1 is 1.23 bits per heavy atom. The molecule has 0 aliphatic carbocycles. The molecule has 1 aliphatic rings. The van der Waals surface area contributed by atoms with Crippen molar-refractivity contribution in [2.45, 2.75) is 77.4 Å². The highest BCUT2D eigenvalue weighted by Gasteiger charge is 2.36. The van der Waals surface area contributed by atoms with E-state index in [-0.39, 0.29) is 19.6 Å². The number of para-hydroxylation sites is 1. The minimum atomic E-state index is -0.886. The number of hydrogen-bond donors (Lipinski definition) is 1. The average molecular weight is 438 g/mol. The summed E-state index contributed by atoms with van der Waals surface area (Å²) in [6.07, 6.45) is -1.23. The van der Waals surface area contributed by atoms with Crippen molar-refractivity contribution in [3.63, 3.8) is 0 Å². The van der Waals surface area contributed by atoms with Crippen molar-refractivity contribution < 1.29 is 33.3 Å². The van der Waals surface area contributed by atoms with Crippen molar-refractivity contribution in [3.8, 4) is 5.75 Å². The van der Waals surface area contributed by atoms with Gasteiger partial charge in [-0.1, -0.05) is 25.1 Å². The predicted octanol–water partition coefficient (Wildman–Crippen LogP) is 3.47. The molecule has 0 bridgehead atoms. The molecule has 1 aromatic carbocycles. The molecule has 0 saturated carbocycles. The van der Waals surface area contributed by atoms with Gasteiger partial charge in [-0.05, 0) is 46.2 Å². The second-order valence-electron chi connectivity index (χ2n) is 8.51. The summed E-state index contributed by atoms with van der Waals surface area (Å²) < 4.78 is 28.9. The lowest BCUT2D eigenvalue weighted by molar-refractivity contribution is -0.167.